The van der Waals surface area contributed by atoms with Gasteiger partial charge in [-0.05, 0) is 6.42 Å². The van der Waals surface area contributed by atoms with Crippen LogP contribution in [0, 0.1) is 0 Å². The van der Waals surface area contributed by atoms with E-state index < -0.39 is 18.0 Å². The molecule has 0 aliphatic rings. The molecule has 0 rings (SSSR count). The molecule has 0 aliphatic carbocycles. The van der Waals surface area contributed by atoms with Crippen molar-refractivity contribution < 1.29 is 19.5 Å². The molecule has 0 radical (unpaired) electrons. The van der Waals surface area contributed by atoms with Crippen molar-refractivity contribution in [1.29, 1.82) is 0 Å². The average molecular weight is 259 g/mol. The summed E-state index contributed by atoms with van der Waals surface area (Å²) in [4.78, 5) is 34.8. The van der Waals surface area contributed by atoms with Gasteiger partial charge in [-0.25, -0.2) is 9.59 Å². The normalized spacial score (nSPS) is 11.5. The molecule has 0 bridgehead atoms. The summed E-state index contributed by atoms with van der Waals surface area (Å²) < 4.78 is 0. The van der Waals surface area contributed by atoms with E-state index in [1.807, 2.05) is 6.92 Å². The number of carboxylic acid groups (broad SMARTS) is 1. The second-order valence-corrected chi connectivity index (χ2v) is 4.12. The van der Waals surface area contributed by atoms with E-state index in [0.29, 0.717) is 12.8 Å². The summed E-state index contributed by atoms with van der Waals surface area (Å²) in [6.07, 6.45) is 1.22. The summed E-state index contributed by atoms with van der Waals surface area (Å²) in [5.41, 5.74) is 0. The molecule has 3 N–H and O–H groups in total. The molecule has 3 amide bonds. The summed E-state index contributed by atoms with van der Waals surface area (Å²) in [5.74, 6) is -1.16. The molecule has 7 nitrogen and oxygen atoms in total. The molecule has 0 aliphatic heterocycles. The zero-order valence-electron chi connectivity index (χ0n) is 11.0. The molecular formula is C11H21N3O4. The fourth-order valence-corrected chi connectivity index (χ4v) is 1.26. The minimum absolute atomic E-state index is 0.0985. The van der Waals surface area contributed by atoms with Crippen LogP contribution < -0.4 is 10.6 Å². The smallest absolute Gasteiger partial charge is 0.326 e. The molecule has 0 aromatic rings. The van der Waals surface area contributed by atoms with Crippen LogP contribution in [0.4, 0.5) is 4.79 Å². The number of carbonyl (C=O) groups is 3. The number of carboxylic acids is 1. The first-order chi connectivity index (χ1) is 8.38. The zero-order valence-corrected chi connectivity index (χ0v) is 11.0. The topological polar surface area (TPSA) is 98.7 Å². The second-order valence-electron chi connectivity index (χ2n) is 4.12. The number of amides is 3. The van der Waals surface area contributed by atoms with Gasteiger partial charge < -0.3 is 20.6 Å². The molecule has 0 fully saturated rings. The lowest BCUT2D eigenvalue weighted by Crippen LogP contribution is -2.46. The summed E-state index contributed by atoms with van der Waals surface area (Å²) in [5, 5.41) is 13.6. The molecule has 0 unspecified atom stereocenters. The molecule has 0 saturated carbocycles. The average Bonchev–Trinajstić information content (AvgIpc) is 2.27. The highest BCUT2D eigenvalue weighted by molar-refractivity contribution is 5.83. The van der Waals surface area contributed by atoms with Crippen LogP contribution in [0.25, 0.3) is 0 Å². The van der Waals surface area contributed by atoms with Gasteiger partial charge >= 0.3 is 12.0 Å². The van der Waals surface area contributed by atoms with Gasteiger partial charge in [0.1, 0.15) is 6.04 Å². The fraction of sp³-hybridized carbons (Fsp3) is 0.727. The molecule has 18 heavy (non-hydrogen) atoms. The van der Waals surface area contributed by atoms with Crippen molar-refractivity contribution in [2.45, 2.75) is 32.2 Å². The first-order valence-electron chi connectivity index (χ1n) is 5.85. The third-order valence-corrected chi connectivity index (χ3v) is 2.30. The van der Waals surface area contributed by atoms with E-state index in [0.717, 1.165) is 0 Å². The maximum Gasteiger partial charge on any atom is 0.326 e. The van der Waals surface area contributed by atoms with E-state index in [-0.39, 0.29) is 18.9 Å². The third kappa shape index (κ3) is 6.72. The van der Waals surface area contributed by atoms with Crippen LogP contribution in [0.15, 0.2) is 0 Å². The third-order valence-electron chi connectivity index (χ3n) is 2.30. The minimum atomic E-state index is -1.06. The van der Waals surface area contributed by atoms with E-state index in [2.05, 4.69) is 10.6 Å². The maximum absolute atomic E-state index is 11.4. The van der Waals surface area contributed by atoms with Gasteiger partial charge in [-0.2, -0.15) is 0 Å². The van der Waals surface area contributed by atoms with Crippen molar-refractivity contribution in [3.63, 3.8) is 0 Å². The first kappa shape index (κ1) is 16.2. The van der Waals surface area contributed by atoms with Crippen molar-refractivity contribution in [1.82, 2.24) is 15.5 Å². The van der Waals surface area contributed by atoms with Crippen LogP contribution in [0.1, 0.15) is 26.2 Å². The fourth-order valence-electron chi connectivity index (χ4n) is 1.26. The number of nitrogens with zero attached hydrogens (tertiary/aromatic N) is 1. The van der Waals surface area contributed by atoms with Gasteiger partial charge in [0.15, 0.2) is 0 Å². The van der Waals surface area contributed by atoms with Gasteiger partial charge in [-0.1, -0.05) is 13.3 Å². The monoisotopic (exact) mass is 259 g/mol. The number of urea groups is 1. The van der Waals surface area contributed by atoms with Gasteiger partial charge in [-0.15, -0.1) is 0 Å². The van der Waals surface area contributed by atoms with Crippen molar-refractivity contribution in [2.24, 2.45) is 0 Å². The van der Waals surface area contributed by atoms with Crippen LogP contribution >= 0.6 is 0 Å². The van der Waals surface area contributed by atoms with Crippen LogP contribution in [0.2, 0.25) is 0 Å². The van der Waals surface area contributed by atoms with Crippen LogP contribution in [-0.2, 0) is 9.59 Å². The van der Waals surface area contributed by atoms with Crippen LogP contribution in [0.3, 0.4) is 0 Å². The Morgan fingerprint density at radius 2 is 1.89 bits per heavy atom. The Kier molecular flexibility index (Phi) is 7.50. The molecular weight excluding hydrogens is 238 g/mol. The summed E-state index contributed by atoms with van der Waals surface area (Å²) in [7, 11) is 3.26. The van der Waals surface area contributed by atoms with E-state index in [9.17, 15) is 14.4 Å². The predicted molar refractivity (Wildman–Crippen MR) is 66.2 cm³/mol. The summed E-state index contributed by atoms with van der Waals surface area (Å²) in [6, 6.07) is -1.46. The van der Waals surface area contributed by atoms with E-state index in [4.69, 9.17) is 5.11 Å². The molecule has 7 heteroatoms. The van der Waals surface area contributed by atoms with E-state index in [1.54, 1.807) is 14.1 Å². The van der Waals surface area contributed by atoms with Crippen molar-refractivity contribution in [2.75, 3.05) is 20.6 Å². The molecule has 0 heterocycles. The SMILES string of the molecule is CCC[C@H](NC(=O)NCCC(=O)N(C)C)C(=O)O. The standard InChI is InChI=1S/C11H21N3O4/c1-4-5-8(10(16)17)13-11(18)12-7-6-9(15)14(2)3/h8H,4-7H2,1-3H3,(H,16,17)(H2,12,13,18)/t8-/m0/s1. The Morgan fingerprint density at radius 1 is 1.28 bits per heavy atom. The van der Waals surface area contributed by atoms with Gasteiger partial charge in [0, 0.05) is 27.1 Å². The number of aliphatic carboxylic acids is 1. The minimum Gasteiger partial charge on any atom is -0.480 e. The molecule has 0 aromatic heterocycles. The lowest BCUT2D eigenvalue weighted by atomic mass is 10.2. The van der Waals surface area contributed by atoms with Crippen LogP contribution in [-0.4, -0.2) is 54.6 Å². The summed E-state index contributed by atoms with van der Waals surface area (Å²) >= 11 is 0. The Bertz CT molecular complexity index is 305. The van der Waals surface area contributed by atoms with E-state index in [1.165, 1.54) is 4.90 Å². The van der Waals surface area contributed by atoms with Gasteiger partial charge in [0.25, 0.3) is 0 Å². The van der Waals surface area contributed by atoms with Gasteiger partial charge in [0.2, 0.25) is 5.91 Å². The van der Waals surface area contributed by atoms with Crippen molar-refractivity contribution in [3.8, 4) is 0 Å². The van der Waals surface area contributed by atoms with E-state index >= 15 is 0 Å². The quantitative estimate of drug-likeness (QED) is 0.600. The lowest BCUT2D eigenvalue weighted by Gasteiger charge is -2.15. The van der Waals surface area contributed by atoms with Crippen molar-refractivity contribution >= 4 is 17.9 Å². The van der Waals surface area contributed by atoms with Crippen molar-refractivity contribution in [3.05, 3.63) is 0 Å². The Balaban J connectivity index is 3.95. The highest BCUT2D eigenvalue weighted by atomic mass is 16.4. The Hall–Kier alpha value is -1.79. The molecule has 104 valence electrons. The number of rotatable bonds is 7. The number of nitrogens with one attached hydrogen (secondary N) is 2. The Morgan fingerprint density at radius 3 is 2.33 bits per heavy atom. The van der Waals surface area contributed by atoms with Gasteiger partial charge in [-0.3, -0.25) is 4.79 Å². The van der Waals surface area contributed by atoms with Crippen LogP contribution in [0.5, 0.6) is 0 Å². The number of hydrogen-bond acceptors (Lipinski definition) is 3. The number of carbonyl (C=O) groups excluding carboxylic acids is 2. The number of hydrogen-bond donors (Lipinski definition) is 3. The highest BCUT2D eigenvalue weighted by Gasteiger charge is 2.18. The predicted octanol–water partition coefficient (Wildman–Crippen LogP) is 0.0172. The van der Waals surface area contributed by atoms with Gasteiger partial charge in [0.05, 0.1) is 0 Å². The zero-order chi connectivity index (χ0) is 14.1. The highest BCUT2D eigenvalue weighted by Crippen LogP contribution is 1.96. The lowest BCUT2D eigenvalue weighted by molar-refractivity contribution is -0.139. The molecule has 0 spiro atoms. The molecule has 0 aromatic carbocycles. The molecule has 1 atom stereocenters. The first-order valence-corrected chi connectivity index (χ1v) is 5.85. The molecule has 0 saturated heterocycles. The Labute approximate surface area is 107 Å². The maximum atomic E-state index is 11.4. The summed E-state index contributed by atoms with van der Waals surface area (Å²) in [6.45, 7) is 2.02. The largest absolute Gasteiger partial charge is 0.480 e. The second kappa shape index (κ2) is 8.32.